The summed E-state index contributed by atoms with van der Waals surface area (Å²) in [5.41, 5.74) is 4.62. The van der Waals surface area contributed by atoms with Crippen molar-refractivity contribution in [1.82, 2.24) is 0 Å². The van der Waals surface area contributed by atoms with Crippen LogP contribution in [-0.2, 0) is 10.3 Å². The first-order valence-electron chi connectivity index (χ1n) is 4.05. The highest BCUT2D eigenvalue weighted by Gasteiger charge is 2.40. The topological polar surface area (TPSA) is 63.3 Å². The van der Waals surface area contributed by atoms with Crippen LogP contribution in [0.1, 0.15) is 18.7 Å². The number of carbonyl (C=O) groups is 1. The summed E-state index contributed by atoms with van der Waals surface area (Å²) >= 11 is 1.38. The zero-order valence-electron chi connectivity index (χ0n) is 7.65. The van der Waals surface area contributed by atoms with Gasteiger partial charge < -0.3 is 10.8 Å². The molecule has 1 atom stereocenters. The Hall–Kier alpha value is -0.870. The summed E-state index contributed by atoms with van der Waals surface area (Å²) in [5, 5.41) is 10.9. The van der Waals surface area contributed by atoms with Crippen LogP contribution in [0.4, 0.5) is 0 Å². The molecule has 72 valence electrons. The van der Waals surface area contributed by atoms with E-state index in [4.69, 9.17) is 10.8 Å². The molecule has 3 N–H and O–H groups in total. The van der Waals surface area contributed by atoms with Gasteiger partial charge in [0.05, 0.1) is 0 Å². The monoisotopic (exact) mass is 199 g/mol. The minimum absolute atomic E-state index is 0.122. The number of hydrogen-bond donors (Lipinski definition) is 2. The smallest absolute Gasteiger partial charge is 0.329 e. The van der Waals surface area contributed by atoms with Crippen molar-refractivity contribution in [2.45, 2.75) is 19.4 Å². The Morgan fingerprint density at radius 1 is 1.69 bits per heavy atom. The van der Waals surface area contributed by atoms with Gasteiger partial charge in [-0.15, -0.1) is 11.3 Å². The van der Waals surface area contributed by atoms with Crippen molar-refractivity contribution < 1.29 is 9.90 Å². The fourth-order valence-electron chi connectivity index (χ4n) is 1.15. The molecule has 3 nitrogen and oxygen atoms in total. The standard InChI is InChI=1S/C9H13NO2S/c1-6(2)9(10,8(11)12)7-4-3-5-13-7/h3-6H,10H2,1-2H3,(H,11,12)/t9-/m1/s1. The van der Waals surface area contributed by atoms with E-state index >= 15 is 0 Å². The first-order valence-corrected chi connectivity index (χ1v) is 4.93. The molecule has 1 aromatic heterocycles. The lowest BCUT2D eigenvalue weighted by molar-refractivity contribution is -0.145. The summed E-state index contributed by atoms with van der Waals surface area (Å²) in [6.45, 7) is 3.63. The third-order valence-corrected chi connectivity index (χ3v) is 3.21. The van der Waals surface area contributed by atoms with Gasteiger partial charge in [0.15, 0.2) is 5.54 Å². The second-order valence-corrected chi connectivity index (χ2v) is 4.25. The lowest BCUT2D eigenvalue weighted by atomic mass is 9.86. The molecule has 0 aliphatic heterocycles. The van der Waals surface area contributed by atoms with Gasteiger partial charge in [-0.3, -0.25) is 0 Å². The molecule has 13 heavy (non-hydrogen) atoms. The van der Waals surface area contributed by atoms with Gasteiger partial charge in [0.1, 0.15) is 0 Å². The molecule has 0 saturated carbocycles. The largest absolute Gasteiger partial charge is 0.480 e. The van der Waals surface area contributed by atoms with Crippen LogP contribution in [0.15, 0.2) is 17.5 Å². The molecule has 0 unspecified atom stereocenters. The van der Waals surface area contributed by atoms with Crippen LogP contribution in [-0.4, -0.2) is 11.1 Å². The number of rotatable bonds is 3. The summed E-state index contributed by atoms with van der Waals surface area (Å²) in [7, 11) is 0. The zero-order chi connectivity index (χ0) is 10.1. The van der Waals surface area contributed by atoms with Crippen molar-refractivity contribution in [2.75, 3.05) is 0 Å². The van der Waals surface area contributed by atoms with Gasteiger partial charge in [-0.25, -0.2) is 4.79 Å². The number of carboxylic acids is 1. The van der Waals surface area contributed by atoms with Crippen LogP contribution in [0.2, 0.25) is 0 Å². The Labute approximate surface area is 81.2 Å². The maximum absolute atomic E-state index is 11.0. The van der Waals surface area contributed by atoms with Crippen molar-refractivity contribution in [2.24, 2.45) is 11.7 Å². The van der Waals surface area contributed by atoms with E-state index in [1.165, 1.54) is 11.3 Å². The minimum Gasteiger partial charge on any atom is -0.480 e. The summed E-state index contributed by atoms with van der Waals surface area (Å²) < 4.78 is 0. The summed E-state index contributed by atoms with van der Waals surface area (Å²) in [5.74, 6) is -1.09. The lowest BCUT2D eigenvalue weighted by Crippen LogP contribution is -2.48. The maximum Gasteiger partial charge on any atom is 0.329 e. The van der Waals surface area contributed by atoms with Gasteiger partial charge in [-0.1, -0.05) is 19.9 Å². The Balaban J connectivity index is 3.13. The van der Waals surface area contributed by atoms with Crippen LogP contribution < -0.4 is 5.73 Å². The Morgan fingerprint density at radius 2 is 2.31 bits per heavy atom. The molecule has 0 aliphatic rings. The van der Waals surface area contributed by atoms with Crippen LogP contribution in [0.3, 0.4) is 0 Å². The fourth-order valence-corrected chi connectivity index (χ4v) is 2.13. The summed E-state index contributed by atoms with van der Waals surface area (Å²) in [6, 6.07) is 3.58. The van der Waals surface area contributed by atoms with Crippen LogP contribution in [0.5, 0.6) is 0 Å². The summed E-state index contributed by atoms with van der Waals surface area (Å²) in [6.07, 6.45) is 0. The van der Waals surface area contributed by atoms with E-state index in [0.29, 0.717) is 4.88 Å². The van der Waals surface area contributed by atoms with Crippen molar-refractivity contribution in [3.8, 4) is 0 Å². The molecular formula is C9H13NO2S. The Morgan fingerprint density at radius 3 is 2.62 bits per heavy atom. The molecule has 1 rings (SSSR count). The van der Waals surface area contributed by atoms with Crippen molar-refractivity contribution in [3.63, 3.8) is 0 Å². The summed E-state index contributed by atoms with van der Waals surface area (Å²) in [4.78, 5) is 11.7. The molecule has 0 fully saturated rings. The highest BCUT2D eigenvalue weighted by molar-refractivity contribution is 7.10. The van der Waals surface area contributed by atoms with Gasteiger partial charge in [0, 0.05) is 4.88 Å². The van der Waals surface area contributed by atoms with E-state index in [9.17, 15) is 4.79 Å². The normalized spacial score (nSPS) is 15.7. The predicted octanol–water partition coefficient (Wildman–Crippen LogP) is 1.64. The van der Waals surface area contributed by atoms with Gasteiger partial charge >= 0.3 is 5.97 Å². The SMILES string of the molecule is CC(C)[C@](N)(C(=O)O)c1cccs1. The average Bonchev–Trinajstić information content (AvgIpc) is 2.54. The highest BCUT2D eigenvalue weighted by Crippen LogP contribution is 2.30. The zero-order valence-corrected chi connectivity index (χ0v) is 8.47. The van der Waals surface area contributed by atoms with Crippen LogP contribution in [0, 0.1) is 5.92 Å². The van der Waals surface area contributed by atoms with Crippen molar-refractivity contribution >= 4 is 17.3 Å². The quantitative estimate of drug-likeness (QED) is 0.778. The highest BCUT2D eigenvalue weighted by atomic mass is 32.1. The minimum atomic E-state index is -1.24. The third-order valence-electron chi connectivity index (χ3n) is 2.19. The first kappa shape index (κ1) is 10.2. The number of aliphatic carboxylic acids is 1. The molecule has 0 aliphatic carbocycles. The number of thiophene rings is 1. The van der Waals surface area contributed by atoms with Crippen LogP contribution >= 0.6 is 11.3 Å². The van der Waals surface area contributed by atoms with Gasteiger partial charge in [-0.2, -0.15) is 0 Å². The molecule has 0 saturated heterocycles. The molecule has 0 radical (unpaired) electrons. The molecule has 0 amide bonds. The number of carboxylic acid groups (broad SMARTS) is 1. The maximum atomic E-state index is 11.0. The Kier molecular flexibility index (Phi) is 2.73. The third kappa shape index (κ3) is 1.59. The fraction of sp³-hybridized carbons (Fsp3) is 0.444. The molecular weight excluding hydrogens is 186 g/mol. The number of nitrogens with two attached hydrogens (primary N) is 1. The Bertz CT molecular complexity index is 295. The van der Waals surface area contributed by atoms with E-state index in [0.717, 1.165) is 0 Å². The predicted molar refractivity (Wildman–Crippen MR) is 52.7 cm³/mol. The number of hydrogen-bond acceptors (Lipinski definition) is 3. The van der Waals surface area contributed by atoms with Crippen molar-refractivity contribution in [3.05, 3.63) is 22.4 Å². The molecule has 0 spiro atoms. The molecule has 4 heteroatoms. The lowest BCUT2D eigenvalue weighted by Gasteiger charge is -2.27. The molecule has 0 aromatic carbocycles. The van der Waals surface area contributed by atoms with Crippen molar-refractivity contribution in [1.29, 1.82) is 0 Å². The van der Waals surface area contributed by atoms with E-state index < -0.39 is 11.5 Å². The first-order chi connectivity index (χ1) is 5.99. The van der Waals surface area contributed by atoms with E-state index in [1.807, 2.05) is 25.3 Å². The van der Waals surface area contributed by atoms with E-state index in [2.05, 4.69) is 0 Å². The molecule has 1 heterocycles. The molecule has 0 bridgehead atoms. The second-order valence-electron chi connectivity index (χ2n) is 3.31. The van der Waals surface area contributed by atoms with E-state index in [-0.39, 0.29) is 5.92 Å². The average molecular weight is 199 g/mol. The van der Waals surface area contributed by atoms with Crippen LogP contribution in [0.25, 0.3) is 0 Å². The van der Waals surface area contributed by atoms with Gasteiger partial charge in [0.25, 0.3) is 0 Å². The van der Waals surface area contributed by atoms with E-state index in [1.54, 1.807) is 6.07 Å². The van der Waals surface area contributed by atoms with Gasteiger partial charge in [0.2, 0.25) is 0 Å². The second kappa shape index (κ2) is 3.47. The molecule has 1 aromatic rings. The van der Waals surface area contributed by atoms with Gasteiger partial charge in [-0.05, 0) is 17.4 Å².